The molecule has 154 valence electrons. The van der Waals surface area contributed by atoms with E-state index in [0.29, 0.717) is 18.8 Å². The first kappa shape index (κ1) is 21.7. The van der Waals surface area contributed by atoms with Crippen LogP contribution in [0.3, 0.4) is 0 Å². The van der Waals surface area contributed by atoms with Crippen LogP contribution in [0.2, 0.25) is 0 Å². The van der Waals surface area contributed by atoms with Crippen LogP contribution in [-0.4, -0.2) is 59.4 Å². The Bertz CT molecular complexity index is 689. The number of aliphatic carboxylic acids is 1. The van der Waals surface area contributed by atoms with Crippen LogP contribution in [0.4, 0.5) is 0 Å². The van der Waals surface area contributed by atoms with Crippen LogP contribution in [0.1, 0.15) is 38.7 Å². The summed E-state index contributed by atoms with van der Waals surface area (Å²) in [5.74, 6) is -0.528. The van der Waals surface area contributed by atoms with Crippen molar-refractivity contribution in [3.05, 3.63) is 29.8 Å². The Labute approximate surface area is 166 Å². The highest BCUT2D eigenvalue weighted by molar-refractivity contribution is 5.82. The van der Waals surface area contributed by atoms with Gasteiger partial charge in [0.2, 0.25) is 11.8 Å². The lowest BCUT2D eigenvalue weighted by atomic mass is 9.95. The Morgan fingerprint density at radius 1 is 1.29 bits per heavy atom. The molecule has 1 saturated heterocycles. The number of amides is 2. The van der Waals surface area contributed by atoms with Gasteiger partial charge in [-0.3, -0.25) is 9.59 Å². The van der Waals surface area contributed by atoms with Gasteiger partial charge in [0.1, 0.15) is 5.75 Å². The molecule has 1 aromatic carbocycles. The van der Waals surface area contributed by atoms with Crippen LogP contribution in [0.25, 0.3) is 0 Å². The molecule has 0 aromatic heterocycles. The van der Waals surface area contributed by atoms with Gasteiger partial charge in [-0.15, -0.1) is 0 Å². The summed E-state index contributed by atoms with van der Waals surface area (Å²) >= 11 is 0. The van der Waals surface area contributed by atoms with Crippen LogP contribution in [0, 0.1) is 11.8 Å². The van der Waals surface area contributed by atoms with Crippen molar-refractivity contribution in [2.75, 3.05) is 26.7 Å². The Kier molecular flexibility index (Phi) is 7.84. The van der Waals surface area contributed by atoms with Crippen LogP contribution < -0.4 is 4.74 Å². The molecule has 1 heterocycles. The van der Waals surface area contributed by atoms with E-state index in [0.717, 1.165) is 31.4 Å². The maximum Gasteiger partial charge on any atom is 0.341 e. The highest BCUT2D eigenvalue weighted by Crippen LogP contribution is 2.22. The Morgan fingerprint density at radius 2 is 1.96 bits per heavy atom. The van der Waals surface area contributed by atoms with Gasteiger partial charge in [-0.05, 0) is 37.0 Å². The summed E-state index contributed by atoms with van der Waals surface area (Å²) in [7, 11) is 1.77. The number of rotatable bonds is 8. The first-order chi connectivity index (χ1) is 13.3. The molecule has 0 spiro atoms. The monoisotopic (exact) mass is 390 g/mol. The molecule has 1 aliphatic rings. The van der Waals surface area contributed by atoms with Crippen molar-refractivity contribution in [1.82, 2.24) is 9.80 Å². The number of carbonyl (C=O) groups is 3. The minimum atomic E-state index is -1.03. The van der Waals surface area contributed by atoms with E-state index in [1.165, 1.54) is 0 Å². The average molecular weight is 390 g/mol. The fourth-order valence-electron chi connectivity index (χ4n) is 3.36. The molecule has 1 aliphatic heterocycles. The Morgan fingerprint density at radius 3 is 2.57 bits per heavy atom. The maximum absolute atomic E-state index is 12.9. The summed E-state index contributed by atoms with van der Waals surface area (Å²) in [6.07, 6.45) is 2.46. The largest absolute Gasteiger partial charge is 0.482 e. The van der Waals surface area contributed by atoms with Gasteiger partial charge >= 0.3 is 5.97 Å². The predicted molar refractivity (Wildman–Crippen MR) is 105 cm³/mol. The molecule has 28 heavy (non-hydrogen) atoms. The number of carboxylic acids is 1. The second kappa shape index (κ2) is 10.1. The second-order valence-electron chi connectivity index (χ2n) is 7.45. The smallest absolute Gasteiger partial charge is 0.341 e. The van der Waals surface area contributed by atoms with Crippen LogP contribution >= 0.6 is 0 Å². The fourth-order valence-corrected chi connectivity index (χ4v) is 3.36. The lowest BCUT2D eigenvalue weighted by Crippen LogP contribution is -2.47. The van der Waals surface area contributed by atoms with Crippen molar-refractivity contribution in [2.45, 2.75) is 39.7 Å². The quantitative estimate of drug-likeness (QED) is 0.736. The minimum Gasteiger partial charge on any atom is -0.482 e. The average Bonchev–Trinajstić information content (AvgIpc) is 2.71. The number of likely N-dealkylation sites (tertiary alicyclic amines) is 1. The number of ether oxygens (including phenoxy) is 1. The zero-order valence-corrected chi connectivity index (χ0v) is 16.9. The first-order valence-corrected chi connectivity index (χ1v) is 9.79. The third-order valence-electron chi connectivity index (χ3n) is 5.20. The van der Waals surface area contributed by atoms with Gasteiger partial charge in [-0.1, -0.05) is 26.0 Å². The molecule has 0 aliphatic carbocycles. The summed E-state index contributed by atoms with van der Waals surface area (Å²) in [6.45, 7) is 5.23. The van der Waals surface area contributed by atoms with Crippen molar-refractivity contribution in [1.29, 1.82) is 0 Å². The molecule has 0 radical (unpaired) electrons. The predicted octanol–water partition coefficient (Wildman–Crippen LogP) is 2.39. The molecular formula is C21H30N2O5. The number of hydrogen-bond donors (Lipinski definition) is 1. The molecule has 7 nitrogen and oxygen atoms in total. The number of carbonyl (C=O) groups excluding carboxylic acids is 2. The van der Waals surface area contributed by atoms with E-state index in [-0.39, 0.29) is 30.3 Å². The third kappa shape index (κ3) is 5.97. The molecule has 2 rings (SSSR count). The summed E-state index contributed by atoms with van der Waals surface area (Å²) in [6, 6.07) is 7.04. The molecule has 1 fully saturated rings. The van der Waals surface area contributed by atoms with Gasteiger partial charge in [0.05, 0.1) is 5.92 Å². The number of carboxylic acid groups (broad SMARTS) is 1. The molecule has 2 amide bonds. The molecule has 2 unspecified atom stereocenters. The first-order valence-electron chi connectivity index (χ1n) is 9.79. The van der Waals surface area contributed by atoms with E-state index >= 15 is 0 Å². The van der Waals surface area contributed by atoms with Gasteiger partial charge in [-0.2, -0.15) is 0 Å². The van der Waals surface area contributed by atoms with Crippen LogP contribution in [-0.2, 0) is 20.9 Å². The third-order valence-corrected chi connectivity index (χ3v) is 5.20. The zero-order valence-electron chi connectivity index (χ0n) is 16.9. The molecule has 2 atom stereocenters. The number of benzene rings is 1. The van der Waals surface area contributed by atoms with Crippen molar-refractivity contribution in [3.63, 3.8) is 0 Å². The van der Waals surface area contributed by atoms with Gasteiger partial charge in [0.15, 0.2) is 6.61 Å². The minimum absolute atomic E-state index is 0.00607. The number of hydrogen-bond acceptors (Lipinski definition) is 4. The van der Waals surface area contributed by atoms with Crippen LogP contribution in [0.15, 0.2) is 24.3 Å². The molecule has 0 saturated carbocycles. The SMILES string of the molecule is CCC(C)C(=O)N1CCCC(C(=O)N(C)Cc2ccc(OCC(=O)O)cc2)C1. The maximum atomic E-state index is 12.9. The van der Waals surface area contributed by atoms with Crippen molar-refractivity contribution >= 4 is 17.8 Å². The van der Waals surface area contributed by atoms with E-state index in [4.69, 9.17) is 9.84 Å². The lowest BCUT2D eigenvalue weighted by molar-refractivity contribution is -0.142. The lowest BCUT2D eigenvalue weighted by Gasteiger charge is -2.35. The van der Waals surface area contributed by atoms with Gasteiger partial charge in [-0.25, -0.2) is 4.79 Å². The van der Waals surface area contributed by atoms with Gasteiger partial charge in [0.25, 0.3) is 0 Å². The number of piperidine rings is 1. The van der Waals surface area contributed by atoms with Crippen LogP contribution in [0.5, 0.6) is 5.75 Å². The second-order valence-corrected chi connectivity index (χ2v) is 7.45. The summed E-state index contributed by atoms with van der Waals surface area (Å²) in [4.78, 5) is 39.4. The zero-order chi connectivity index (χ0) is 20.7. The van der Waals surface area contributed by atoms with Crippen molar-refractivity contribution in [3.8, 4) is 5.75 Å². The van der Waals surface area contributed by atoms with E-state index in [9.17, 15) is 14.4 Å². The van der Waals surface area contributed by atoms with E-state index in [2.05, 4.69) is 0 Å². The normalized spacial score (nSPS) is 17.7. The van der Waals surface area contributed by atoms with E-state index in [1.807, 2.05) is 30.9 Å². The Hall–Kier alpha value is -2.57. The van der Waals surface area contributed by atoms with E-state index < -0.39 is 5.97 Å². The molecule has 1 aromatic rings. The number of nitrogens with zero attached hydrogens (tertiary/aromatic N) is 2. The van der Waals surface area contributed by atoms with E-state index in [1.54, 1.807) is 24.1 Å². The van der Waals surface area contributed by atoms with Gasteiger partial charge < -0.3 is 19.6 Å². The van der Waals surface area contributed by atoms with Gasteiger partial charge in [0, 0.05) is 32.6 Å². The molecule has 7 heteroatoms. The summed E-state index contributed by atoms with van der Waals surface area (Å²) < 4.78 is 5.12. The topological polar surface area (TPSA) is 87.2 Å². The standard InChI is InChI=1S/C21H30N2O5/c1-4-15(2)20(26)23-11-5-6-17(13-23)21(27)22(3)12-16-7-9-18(10-8-16)28-14-19(24)25/h7-10,15,17H,4-6,11-14H2,1-3H3,(H,24,25). The Balaban J connectivity index is 1.91. The summed E-state index contributed by atoms with van der Waals surface area (Å²) in [5.41, 5.74) is 0.932. The summed E-state index contributed by atoms with van der Waals surface area (Å²) in [5, 5.41) is 8.64. The highest BCUT2D eigenvalue weighted by atomic mass is 16.5. The highest BCUT2D eigenvalue weighted by Gasteiger charge is 2.31. The fraction of sp³-hybridized carbons (Fsp3) is 0.571. The van der Waals surface area contributed by atoms with Crippen molar-refractivity contribution in [2.24, 2.45) is 11.8 Å². The molecule has 0 bridgehead atoms. The molecule has 1 N–H and O–H groups in total. The molecular weight excluding hydrogens is 360 g/mol. The van der Waals surface area contributed by atoms with Crippen molar-refractivity contribution < 1.29 is 24.2 Å².